The number of hydrogen-bond acceptors (Lipinski definition) is 6. The van der Waals surface area contributed by atoms with Crippen LogP contribution in [0.3, 0.4) is 0 Å². The number of carbonyl (C=O) groups is 2. The number of amides is 2. The average Bonchev–Trinajstić information content (AvgIpc) is 3.22. The minimum absolute atomic E-state index is 0.0235. The second kappa shape index (κ2) is 8.73. The van der Waals surface area contributed by atoms with Crippen molar-refractivity contribution in [3.8, 4) is 11.5 Å². The SMILES string of the molecule is COc1ccc(C(=O)Nc2ccc3sc(C(=O)N4CCOCC4)cc3c2)cc1OC. The molecule has 1 aliphatic heterocycles. The summed E-state index contributed by atoms with van der Waals surface area (Å²) in [6.45, 7) is 2.37. The Kier molecular flexibility index (Phi) is 5.87. The molecule has 30 heavy (non-hydrogen) atoms. The highest BCUT2D eigenvalue weighted by molar-refractivity contribution is 7.20. The van der Waals surface area contributed by atoms with Crippen LogP contribution in [0.5, 0.6) is 11.5 Å². The van der Waals surface area contributed by atoms with Crippen molar-refractivity contribution in [3.05, 3.63) is 52.9 Å². The first-order valence-electron chi connectivity index (χ1n) is 9.53. The van der Waals surface area contributed by atoms with Crippen molar-refractivity contribution in [2.24, 2.45) is 0 Å². The van der Waals surface area contributed by atoms with E-state index in [0.29, 0.717) is 53.9 Å². The summed E-state index contributed by atoms with van der Waals surface area (Å²) < 4.78 is 16.8. The molecule has 1 aliphatic rings. The molecule has 0 atom stereocenters. The number of ether oxygens (including phenoxy) is 3. The molecular weight excluding hydrogens is 404 g/mol. The Morgan fingerprint density at radius 3 is 2.50 bits per heavy atom. The Morgan fingerprint density at radius 2 is 1.77 bits per heavy atom. The van der Waals surface area contributed by atoms with Crippen LogP contribution < -0.4 is 14.8 Å². The van der Waals surface area contributed by atoms with E-state index in [1.54, 1.807) is 25.3 Å². The third kappa shape index (κ3) is 4.10. The lowest BCUT2D eigenvalue weighted by molar-refractivity contribution is 0.0306. The molecule has 0 spiro atoms. The zero-order chi connectivity index (χ0) is 21.1. The fourth-order valence-electron chi connectivity index (χ4n) is 3.33. The van der Waals surface area contributed by atoms with Gasteiger partial charge in [-0.15, -0.1) is 11.3 Å². The molecule has 2 amide bonds. The van der Waals surface area contributed by atoms with E-state index in [0.717, 1.165) is 10.1 Å². The minimum atomic E-state index is -0.254. The van der Waals surface area contributed by atoms with E-state index in [9.17, 15) is 9.59 Å². The first-order valence-corrected chi connectivity index (χ1v) is 10.3. The molecule has 2 heterocycles. The van der Waals surface area contributed by atoms with Gasteiger partial charge in [0.15, 0.2) is 11.5 Å². The van der Waals surface area contributed by atoms with Crippen molar-refractivity contribution in [2.45, 2.75) is 0 Å². The van der Waals surface area contributed by atoms with Gasteiger partial charge in [0.1, 0.15) is 0 Å². The Hall–Kier alpha value is -3.10. The predicted molar refractivity (Wildman–Crippen MR) is 116 cm³/mol. The number of rotatable bonds is 5. The largest absolute Gasteiger partial charge is 0.493 e. The van der Waals surface area contributed by atoms with Crippen molar-refractivity contribution in [1.82, 2.24) is 4.90 Å². The number of morpholine rings is 1. The van der Waals surface area contributed by atoms with Gasteiger partial charge < -0.3 is 24.4 Å². The Bertz CT molecular complexity index is 1090. The number of methoxy groups -OCH3 is 2. The van der Waals surface area contributed by atoms with Gasteiger partial charge in [0.2, 0.25) is 0 Å². The highest BCUT2D eigenvalue weighted by atomic mass is 32.1. The van der Waals surface area contributed by atoms with Crippen LogP contribution in [0.1, 0.15) is 20.0 Å². The molecule has 1 saturated heterocycles. The Morgan fingerprint density at radius 1 is 1.00 bits per heavy atom. The zero-order valence-electron chi connectivity index (χ0n) is 16.8. The van der Waals surface area contributed by atoms with Gasteiger partial charge in [-0.2, -0.15) is 0 Å². The fourth-order valence-corrected chi connectivity index (χ4v) is 4.34. The summed E-state index contributed by atoms with van der Waals surface area (Å²) in [6, 6.07) is 12.5. The van der Waals surface area contributed by atoms with Crippen LogP contribution in [0.4, 0.5) is 5.69 Å². The summed E-state index contributed by atoms with van der Waals surface area (Å²) >= 11 is 1.46. The van der Waals surface area contributed by atoms with Crippen LogP contribution >= 0.6 is 11.3 Å². The molecule has 0 radical (unpaired) electrons. The van der Waals surface area contributed by atoms with E-state index in [-0.39, 0.29) is 11.8 Å². The summed E-state index contributed by atoms with van der Waals surface area (Å²) in [4.78, 5) is 27.9. The van der Waals surface area contributed by atoms with Gasteiger partial charge in [-0.05, 0) is 47.9 Å². The first kappa shape index (κ1) is 20.2. The minimum Gasteiger partial charge on any atom is -0.493 e. The molecule has 1 fully saturated rings. The number of nitrogens with zero attached hydrogens (tertiary/aromatic N) is 1. The van der Waals surface area contributed by atoms with Crippen molar-refractivity contribution in [1.29, 1.82) is 0 Å². The molecule has 156 valence electrons. The van der Waals surface area contributed by atoms with Crippen molar-refractivity contribution >= 4 is 38.9 Å². The van der Waals surface area contributed by atoms with Gasteiger partial charge in [0.05, 0.1) is 32.3 Å². The van der Waals surface area contributed by atoms with E-state index in [1.807, 2.05) is 29.2 Å². The standard InChI is InChI=1S/C22H22N2O5S/c1-27-17-5-3-14(12-18(17)28-2)21(25)23-16-4-6-19-15(11-16)13-20(30-19)22(26)24-7-9-29-10-8-24/h3-6,11-13H,7-10H2,1-2H3,(H,23,25). The predicted octanol–water partition coefficient (Wildman–Crippen LogP) is 3.64. The molecule has 1 aromatic heterocycles. The molecule has 2 aromatic carbocycles. The molecule has 3 aromatic rings. The van der Waals surface area contributed by atoms with Crippen molar-refractivity contribution in [2.75, 3.05) is 45.8 Å². The normalized spacial score (nSPS) is 13.9. The van der Waals surface area contributed by atoms with E-state index in [1.165, 1.54) is 18.4 Å². The number of thiophene rings is 1. The summed E-state index contributed by atoms with van der Waals surface area (Å²) in [5, 5.41) is 3.82. The topological polar surface area (TPSA) is 77.1 Å². The second-order valence-corrected chi connectivity index (χ2v) is 7.88. The first-order chi connectivity index (χ1) is 14.6. The van der Waals surface area contributed by atoms with Gasteiger partial charge in [-0.3, -0.25) is 9.59 Å². The summed E-state index contributed by atoms with van der Waals surface area (Å²) in [7, 11) is 3.07. The van der Waals surface area contributed by atoms with Crippen LogP contribution in [-0.4, -0.2) is 57.2 Å². The lowest BCUT2D eigenvalue weighted by Crippen LogP contribution is -2.40. The third-order valence-electron chi connectivity index (χ3n) is 4.93. The summed E-state index contributed by atoms with van der Waals surface area (Å²) in [6.07, 6.45) is 0. The molecule has 0 aliphatic carbocycles. The molecule has 8 heteroatoms. The monoisotopic (exact) mass is 426 g/mol. The second-order valence-electron chi connectivity index (χ2n) is 6.79. The summed E-state index contributed by atoms with van der Waals surface area (Å²) in [5.41, 5.74) is 1.12. The zero-order valence-corrected chi connectivity index (χ0v) is 17.6. The van der Waals surface area contributed by atoms with Crippen LogP contribution in [0.15, 0.2) is 42.5 Å². The molecule has 0 saturated carbocycles. The van der Waals surface area contributed by atoms with Gasteiger partial charge >= 0.3 is 0 Å². The number of fused-ring (bicyclic) bond motifs is 1. The van der Waals surface area contributed by atoms with Crippen LogP contribution in [-0.2, 0) is 4.74 Å². The Balaban J connectivity index is 1.52. The average molecular weight is 426 g/mol. The fraction of sp³-hybridized carbons (Fsp3) is 0.273. The van der Waals surface area contributed by atoms with Gasteiger partial charge in [-0.1, -0.05) is 0 Å². The quantitative estimate of drug-likeness (QED) is 0.674. The highest BCUT2D eigenvalue weighted by Crippen LogP contribution is 2.30. The maximum atomic E-state index is 12.7. The van der Waals surface area contributed by atoms with Crippen molar-refractivity contribution < 1.29 is 23.8 Å². The van der Waals surface area contributed by atoms with Gasteiger partial charge in [-0.25, -0.2) is 0 Å². The number of anilines is 1. The lowest BCUT2D eigenvalue weighted by atomic mass is 10.1. The summed E-state index contributed by atoms with van der Waals surface area (Å²) in [5.74, 6) is 0.821. The van der Waals surface area contributed by atoms with Crippen LogP contribution in [0.25, 0.3) is 10.1 Å². The third-order valence-corrected chi connectivity index (χ3v) is 6.03. The van der Waals surface area contributed by atoms with E-state index >= 15 is 0 Å². The maximum absolute atomic E-state index is 12.7. The molecule has 0 unspecified atom stereocenters. The number of nitrogens with one attached hydrogen (secondary N) is 1. The Labute approximate surface area is 178 Å². The highest BCUT2D eigenvalue weighted by Gasteiger charge is 2.20. The van der Waals surface area contributed by atoms with Crippen LogP contribution in [0, 0.1) is 0 Å². The molecule has 7 nitrogen and oxygen atoms in total. The maximum Gasteiger partial charge on any atom is 0.264 e. The molecule has 4 rings (SSSR count). The number of carbonyl (C=O) groups excluding carboxylic acids is 2. The molecule has 0 bridgehead atoms. The molecule has 1 N–H and O–H groups in total. The van der Waals surface area contributed by atoms with E-state index in [4.69, 9.17) is 14.2 Å². The number of hydrogen-bond donors (Lipinski definition) is 1. The van der Waals surface area contributed by atoms with Gasteiger partial charge in [0, 0.05) is 29.0 Å². The molecular formula is C22H22N2O5S. The smallest absolute Gasteiger partial charge is 0.264 e. The van der Waals surface area contributed by atoms with E-state index in [2.05, 4.69) is 5.32 Å². The van der Waals surface area contributed by atoms with Crippen LogP contribution in [0.2, 0.25) is 0 Å². The van der Waals surface area contributed by atoms with Gasteiger partial charge in [0.25, 0.3) is 11.8 Å². The number of benzene rings is 2. The van der Waals surface area contributed by atoms with Crippen molar-refractivity contribution in [3.63, 3.8) is 0 Å². The lowest BCUT2D eigenvalue weighted by Gasteiger charge is -2.26. The van der Waals surface area contributed by atoms with E-state index < -0.39 is 0 Å².